The van der Waals surface area contributed by atoms with Gasteiger partial charge in [0.15, 0.2) is 0 Å². The molecule has 0 aliphatic carbocycles. The molecular weight excluding hydrogens is 468 g/mol. The molecule has 8 heteroatoms. The number of carbonyl (C=O) groups is 1. The summed E-state index contributed by atoms with van der Waals surface area (Å²) in [6.45, 7) is 4.15. The van der Waals surface area contributed by atoms with Crippen LogP contribution in [0, 0.1) is 0 Å². The van der Waals surface area contributed by atoms with E-state index in [-0.39, 0.29) is 11.7 Å². The Balaban J connectivity index is 1.79. The maximum Gasteiger partial charge on any atom is 0.365 e. The molecule has 1 atom stereocenters. The number of hydrogen-bond donors (Lipinski definition) is 0. The molecule has 3 aromatic rings. The summed E-state index contributed by atoms with van der Waals surface area (Å²) in [6, 6.07) is 25.5. The molecule has 6 nitrogen and oxygen atoms in total. The zero-order valence-electron chi connectivity index (χ0n) is 18.8. The van der Waals surface area contributed by atoms with Gasteiger partial charge < -0.3 is 4.74 Å². The quantitative estimate of drug-likeness (QED) is 0.398. The van der Waals surface area contributed by atoms with E-state index in [1.807, 2.05) is 76.7 Å². The van der Waals surface area contributed by atoms with Crippen molar-refractivity contribution in [3.63, 3.8) is 0 Å². The van der Waals surface area contributed by atoms with Gasteiger partial charge in [0.05, 0.1) is 23.7 Å². The fraction of sp³-hybridized carbons (Fsp3) is 0.192. The smallest absolute Gasteiger partial charge is 0.365 e. The van der Waals surface area contributed by atoms with Crippen LogP contribution in [0.1, 0.15) is 31.4 Å². The minimum absolute atomic E-state index is 0.266. The zero-order valence-corrected chi connectivity index (χ0v) is 20.4. The van der Waals surface area contributed by atoms with Gasteiger partial charge >= 0.3 is 5.97 Å². The van der Waals surface area contributed by atoms with Gasteiger partial charge in [0.25, 0.3) is 0 Å². The van der Waals surface area contributed by atoms with E-state index in [0.29, 0.717) is 5.02 Å². The second kappa shape index (κ2) is 9.16. The number of ether oxygens (including phenoxy) is 1. The lowest BCUT2D eigenvalue weighted by atomic mass is 9.96. The van der Waals surface area contributed by atoms with Crippen LogP contribution in [-0.2, 0) is 14.5 Å². The Hall–Kier alpha value is -3.29. The van der Waals surface area contributed by atoms with Crippen molar-refractivity contribution in [3.05, 3.63) is 95.0 Å². The van der Waals surface area contributed by atoms with Gasteiger partial charge in [0.1, 0.15) is 0 Å². The standard InChI is InChI=1S/C26H23ClN4O2S/c1-3-23-21-12-8-9-13-22(21)26(30(28-23)19-10-6-5-7-11-19)31(20-16-14-18(27)15-17-20)29-24(34-26)25(32)33-4-2/h5-17H,3-4H2,1-2H3/t26-/m0/s1. The number of benzene rings is 3. The van der Waals surface area contributed by atoms with Gasteiger partial charge in [-0.25, -0.2) is 14.8 Å². The number of rotatable bonds is 5. The maximum atomic E-state index is 12.9. The number of halogens is 1. The second-order valence-electron chi connectivity index (χ2n) is 7.72. The van der Waals surface area contributed by atoms with Crippen LogP contribution in [0.3, 0.4) is 0 Å². The highest BCUT2D eigenvalue weighted by Gasteiger charge is 2.56. The molecule has 1 spiro atoms. The van der Waals surface area contributed by atoms with Crippen LogP contribution in [0.5, 0.6) is 0 Å². The van der Waals surface area contributed by atoms with Gasteiger partial charge in [-0.1, -0.05) is 61.0 Å². The third kappa shape index (κ3) is 3.65. The number of anilines is 2. The van der Waals surface area contributed by atoms with Gasteiger partial charge in [-0.3, -0.25) is 0 Å². The molecular formula is C26H23ClN4O2S. The predicted molar refractivity (Wildman–Crippen MR) is 139 cm³/mol. The van der Waals surface area contributed by atoms with E-state index in [4.69, 9.17) is 26.5 Å². The molecule has 0 radical (unpaired) electrons. The lowest BCUT2D eigenvalue weighted by Gasteiger charge is -2.47. The topological polar surface area (TPSA) is 57.5 Å². The van der Waals surface area contributed by atoms with Crippen LogP contribution in [0.4, 0.5) is 11.4 Å². The van der Waals surface area contributed by atoms with Crippen molar-refractivity contribution in [3.8, 4) is 0 Å². The van der Waals surface area contributed by atoms with E-state index < -0.39 is 11.0 Å². The number of thioether (sulfide) groups is 1. The summed E-state index contributed by atoms with van der Waals surface area (Å²) in [5.41, 5.74) is 4.65. The molecule has 2 aliphatic rings. The first-order chi connectivity index (χ1) is 16.6. The molecule has 2 heterocycles. The molecule has 172 valence electrons. The largest absolute Gasteiger partial charge is 0.461 e. The third-order valence-electron chi connectivity index (χ3n) is 5.67. The number of fused-ring (bicyclic) bond motifs is 2. The highest BCUT2D eigenvalue weighted by Crippen LogP contribution is 2.54. The predicted octanol–water partition coefficient (Wildman–Crippen LogP) is 6.21. The number of hydrazone groups is 2. The summed E-state index contributed by atoms with van der Waals surface area (Å²) in [5.74, 6) is -0.459. The van der Waals surface area contributed by atoms with Crippen molar-refractivity contribution < 1.29 is 9.53 Å². The Bertz CT molecular complexity index is 1280. The van der Waals surface area contributed by atoms with Gasteiger partial charge in [-0.05, 0) is 61.5 Å². The fourth-order valence-electron chi connectivity index (χ4n) is 4.19. The van der Waals surface area contributed by atoms with Crippen molar-refractivity contribution >= 4 is 51.5 Å². The van der Waals surface area contributed by atoms with Gasteiger partial charge in [0, 0.05) is 16.1 Å². The highest BCUT2D eigenvalue weighted by molar-refractivity contribution is 8.16. The van der Waals surface area contributed by atoms with Crippen molar-refractivity contribution in [1.82, 2.24) is 0 Å². The number of hydrogen-bond acceptors (Lipinski definition) is 7. The molecule has 0 fully saturated rings. The first kappa shape index (κ1) is 22.5. The molecule has 0 saturated carbocycles. The van der Waals surface area contributed by atoms with Crippen LogP contribution in [0.15, 0.2) is 89.1 Å². The summed E-state index contributed by atoms with van der Waals surface area (Å²) < 4.78 is 5.34. The minimum Gasteiger partial charge on any atom is -0.461 e. The van der Waals surface area contributed by atoms with Gasteiger partial charge in [-0.2, -0.15) is 10.2 Å². The van der Waals surface area contributed by atoms with Crippen LogP contribution in [0.25, 0.3) is 0 Å². The molecule has 2 aliphatic heterocycles. The lowest BCUT2D eigenvalue weighted by Crippen LogP contribution is -2.54. The average Bonchev–Trinajstić information content (AvgIpc) is 3.27. The Morgan fingerprint density at radius 3 is 2.26 bits per heavy atom. The average molecular weight is 491 g/mol. The minimum atomic E-state index is -0.980. The van der Waals surface area contributed by atoms with Crippen LogP contribution in [0.2, 0.25) is 5.02 Å². The van der Waals surface area contributed by atoms with Crippen LogP contribution < -0.4 is 10.0 Å². The SMILES string of the molecule is CCOC(=O)C1=NN(c2ccc(Cl)cc2)[C@]2(S1)c1ccccc1C(CC)=NN2c1ccccc1. The van der Waals surface area contributed by atoms with E-state index in [0.717, 1.165) is 34.6 Å². The van der Waals surface area contributed by atoms with Crippen LogP contribution >= 0.6 is 23.4 Å². The monoisotopic (exact) mass is 490 g/mol. The van der Waals surface area contributed by atoms with E-state index in [1.165, 1.54) is 11.8 Å². The Morgan fingerprint density at radius 1 is 0.912 bits per heavy atom. The third-order valence-corrected chi connectivity index (χ3v) is 7.21. The Labute approximate surface area is 207 Å². The van der Waals surface area contributed by atoms with Crippen molar-refractivity contribution in [2.75, 3.05) is 16.6 Å². The Morgan fingerprint density at radius 2 is 1.56 bits per heavy atom. The van der Waals surface area contributed by atoms with Crippen molar-refractivity contribution in [2.45, 2.75) is 25.3 Å². The summed E-state index contributed by atoms with van der Waals surface area (Å²) in [6.07, 6.45) is 0.758. The first-order valence-electron chi connectivity index (χ1n) is 11.1. The number of esters is 1. The molecule has 3 aromatic carbocycles. The molecule has 5 rings (SSSR count). The fourth-order valence-corrected chi connectivity index (χ4v) is 5.60. The summed E-state index contributed by atoms with van der Waals surface area (Å²) in [5, 5.41) is 14.6. The first-order valence-corrected chi connectivity index (χ1v) is 12.3. The summed E-state index contributed by atoms with van der Waals surface area (Å²) in [7, 11) is 0. The van der Waals surface area contributed by atoms with E-state index in [9.17, 15) is 4.79 Å². The summed E-state index contributed by atoms with van der Waals surface area (Å²) >= 11 is 7.53. The van der Waals surface area contributed by atoms with Crippen molar-refractivity contribution in [2.24, 2.45) is 10.2 Å². The zero-order chi connectivity index (χ0) is 23.7. The van der Waals surface area contributed by atoms with Gasteiger partial charge in [0.2, 0.25) is 10.0 Å². The molecule has 0 N–H and O–H groups in total. The molecule has 0 unspecified atom stereocenters. The molecule has 0 bridgehead atoms. The maximum absolute atomic E-state index is 12.9. The molecule has 0 amide bonds. The van der Waals surface area contributed by atoms with E-state index in [1.54, 1.807) is 6.92 Å². The number of carbonyl (C=O) groups excluding carboxylic acids is 1. The molecule has 0 aromatic heterocycles. The van der Waals surface area contributed by atoms with E-state index >= 15 is 0 Å². The normalized spacial score (nSPS) is 19.0. The van der Waals surface area contributed by atoms with Crippen molar-refractivity contribution in [1.29, 1.82) is 0 Å². The summed E-state index contributed by atoms with van der Waals surface area (Å²) in [4.78, 5) is 11.9. The van der Waals surface area contributed by atoms with Crippen LogP contribution in [-0.4, -0.2) is 23.3 Å². The lowest BCUT2D eigenvalue weighted by molar-refractivity contribution is -0.134. The second-order valence-corrected chi connectivity index (χ2v) is 9.31. The van der Waals surface area contributed by atoms with Gasteiger partial charge in [-0.15, -0.1) is 0 Å². The molecule has 0 saturated heterocycles. The van der Waals surface area contributed by atoms with E-state index in [2.05, 4.69) is 19.1 Å². The number of para-hydroxylation sites is 1. The highest BCUT2D eigenvalue weighted by atomic mass is 35.5. The molecule has 34 heavy (non-hydrogen) atoms. The number of nitrogens with zero attached hydrogens (tertiary/aromatic N) is 4. The Kier molecular flexibility index (Phi) is 6.06.